The fourth-order valence-electron chi connectivity index (χ4n) is 3.10. The van der Waals surface area contributed by atoms with Gasteiger partial charge in [0.05, 0.1) is 11.7 Å². The quantitative estimate of drug-likeness (QED) is 0.920. The first kappa shape index (κ1) is 14.0. The number of anilines is 1. The largest absolute Gasteiger partial charge is 0.346 e. The van der Waals surface area contributed by atoms with Gasteiger partial charge < -0.3 is 5.32 Å². The number of aryl methyl sites for hydroxylation is 1. The highest BCUT2D eigenvalue weighted by Gasteiger charge is 2.19. The van der Waals surface area contributed by atoms with Crippen LogP contribution in [0.2, 0.25) is 0 Å². The Morgan fingerprint density at radius 2 is 1.95 bits per heavy atom. The maximum Gasteiger partial charge on any atom is 0.223 e. The minimum atomic E-state index is 0.102. The van der Waals surface area contributed by atoms with Crippen molar-refractivity contribution in [3.8, 4) is 0 Å². The Morgan fingerprint density at radius 1 is 1.14 bits per heavy atom. The van der Waals surface area contributed by atoms with Crippen LogP contribution >= 0.6 is 0 Å². The molecule has 1 aliphatic carbocycles. The van der Waals surface area contributed by atoms with E-state index in [1.165, 1.54) is 36.9 Å². The third kappa shape index (κ3) is 3.20. The summed E-state index contributed by atoms with van der Waals surface area (Å²) in [6, 6.07) is 6.20. The van der Waals surface area contributed by atoms with Crippen LogP contribution < -0.4 is 5.32 Å². The number of nitrogens with zero attached hydrogens (tertiary/aromatic N) is 3. The van der Waals surface area contributed by atoms with E-state index in [1.807, 2.05) is 18.5 Å². The van der Waals surface area contributed by atoms with Crippen molar-refractivity contribution in [1.29, 1.82) is 0 Å². The molecule has 0 aromatic carbocycles. The summed E-state index contributed by atoms with van der Waals surface area (Å²) in [5.74, 6) is 1.32. The molecule has 1 atom stereocenters. The highest BCUT2D eigenvalue weighted by molar-refractivity contribution is 5.32. The van der Waals surface area contributed by atoms with Crippen LogP contribution in [0.15, 0.2) is 30.6 Å². The van der Waals surface area contributed by atoms with E-state index >= 15 is 0 Å². The number of aromatic nitrogens is 3. The van der Waals surface area contributed by atoms with E-state index in [0.717, 1.165) is 5.69 Å². The lowest BCUT2D eigenvalue weighted by molar-refractivity contribution is 0.692. The summed E-state index contributed by atoms with van der Waals surface area (Å²) in [5, 5.41) is 3.38. The molecule has 1 aliphatic rings. The van der Waals surface area contributed by atoms with Crippen LogP contribution in [-0.4, -0.2) is 15.0 Å². The molecule has 0 bridgehead atoms. The molecule has 4 heteroatoms. The van der Waals surface area contributed by atoms with Crippen molar-refractivity contribution >= 4 is 5.95 Å². The van der Waals surface area contributed by atoms with Gasteiger partial charge in [-0.15, -0.1) is 0 Å². The molecular weight excluding hydrogens is 260 g/mol. The lowest BCUT2D eigenvalue weighted by Gasteiger charge is -2.16. The summed E-state index contributed by atoms with van der Waals surface area (Å²) < 4.78 is 0. The van der Waals surface area contributed by atoms with Crippen LogP contribution in [0.4, 0.5) is 5.95 Å². The van der Waals surface area contributed by atoms with Crippen molar-refractivity contribution in [2.75, 3.05) is 5.32 Å². The molecule has 0 aliphatic heterocycles. The molecule has 1 saturated carbocycles. The van der Waals surface area contributed by atoms with Crippen LogP contribution in [0.1, 0.15) is 61.5 Å². The number of pyridine rings is 1. The molecule has 110 valence electrons. The fraction of sp³-hybridized carbons (Fsp3) is 0.471. The van der Waals surface area contributed by atoms with Gasteiger partial charge in [0.2, 0.25) is 5.95 Å². The first-order valence-corrected chi connectivity index (χ1v) is 7.75. The molecule has 1 fully saturated rings. The minimum Gasteiger partial charge on any atom is -0.346 e. The van der Waals surface area contributed by atoms with E-state index in [1.54, 1.807) is 0 Å². The van der Waals surface area contributed by atoms with Gasteiger partial charge in [-0.1, -0.05) is 18.9 Å². The first-order valence-electron chi connectivity index (χ1n) is 7.75. The van der Waals surface area contributed by atoms with Gasteiger partial charge in [0.25, 0.3) is 0 Å². The summed E-state index contributed by atoms with van der Waals surface area (Å²) >= 11 is 0. The van der Waals surface area contributed by atoms with Gasteiger partial charge in [-0.05, 0) is 44.4 Å². The van der Waals surface area contributed by atoms with Gasteiger partial charge in [0, 0.05) is 24.0 Å². The fourth-order valence-corrected chi connectivity index (χ4v) is 3.10. The molecule has 0 spiro atoms. The van der Waals surface area contributed by atoms with Crippen LogP contribution in [0.5, 0.6) is 0 Å². The molecule has 1 N–H and O–H groups in total. The lowest BCUT2D eigenvalue weighted by atomic mass is 10.0. The third-order valence-electron chi connectivity index (χ3n) is 4.26. The molecule has 2 heterocycles. The summed E-state index contributed by atoms with van der Waals surface area (Å²) in [4.78, 5) is 13.5. The van der Waals surface area contributed by atoms with Crippen LogP contribution in [0.3, 0.4) is 0 Å². The predicted molar refractivity (Wildman–Crippen MR) is 84.3 cm³/mol. The molecule has 0 radical (unpaired) electrons. The van der Waals surface area contributed by atoms with E-state index in [4.69, 9.17) is 4.98 Å². The Morgan fingerprint density at radius 3 is 2.71 bits per heavy atom. The number of hydrogen-bond donors (Lipinski definition) is 1. The second-order valence-corrected chi connectivity index (χ2v) is 5.86. The second kappa shape index (κ2) is 6.20. The zero-order valence-electron chi connectivity index (χ0n) is 12.7. The third-order valence-corrected chi connectivity index (χ3v) is 4.26. The average Bonchev–Trinajstić information content (AvgIpc) is 3.02. The van der Waals surface area contributed by atoms with Crippen molar-refractivity contribution < 1.29 is 0 Å². The maximum atomic E-state index is 4.70. The average molecular weight is 282 g/mol. The van der Waals surface area contributed by atoms with Gasteiger partial charge in [-0.25, -0.2) is 9.97 Å². The predicted octanol–water partition coefficient (Wildman–Crippen LogP) is 4.01. The molecule has 0 unspecified atom stereocenters. The standard InChI is InChI=1S/C17H22N4/c1-12-6-5-10-18-16(12)13(2)20-17-19-11-9-15(21-17)14-7-3-4-8-14/h5-6,9-11,13-14H,3-4,7-8H2,1-2H3,(H,19,20,21)/t13-/m0/s1. The molecular formula is C17H22N4. The number of rotatable bonds is 4. The molecule has 4 nitrogen and oxygen atoms in total. The van der Waals surface area contributed by atoms with Gasteiger partial charge in [0.15, 0.2) is 0 Å². The van der Waals surface area contributed by atoms with E-state index in [9.17, 15) is 0 Å². The highest BCUT2D eigenvalue weighted by Crippen LogP contribution is 2.33. The van der Waals surface area contributed by atoms with Crippen molar-refractivity contribution in [2.24, 2.45) is 0 Å². The Hall–Kier alpha value is -1.97. The Labute approximate surface area is 126 Å². The zero-order chi connectivity index (χ0) is 14.7. The molecule has 21 heavy (non-hydrogen) atoms. The smallest absolute Gasteiger partial charge is 0.223 e. The molecule has 2 aromatic rings. The van der Waals surface area contributed by atoms with Crippen molar-refractivity contribution in [1.82, 2.24) is 15.0 Å². The van der Waals surface area contributed by atoms with Crippen LogP contribution in [0.25, 0.3) is 0 Å². The van der Waals surface area contributed by atoms with Crippen molar-refractivity contribution in [2.45, 2.75) is 51.5 Å². The lowest BCUT2D eigenvalue weighted by Crippen LogP contribution is -2.13. The molecule has 2 aromatic heterocycles. The normalized spacial score (nSPS) is 16.9. The monoisotopic (exact) mass is 282 g/mol. The van der Waals surface area contributed by atoms with E-state index < -0.39 is 0 Å². The van der Waals surface area contributed by atoms with Crippen molar-refractivity contribution in [3.05, 3.63) is 47.5 Å². The number of hydrogen-bond acceptors (Lipinski definition) is 4. The zero-order valence-corrected chi connectivity index (χ0v) is 12.7. The van der Waals surface area contributed by atoms with Gasteiger partial charge in [-0.2, -0.15) is 0 Å². The SMILES string of the molecule is Cc1cccnc1[C@H](C)Nc1nccc(C2CCCC2)n1. The Kier molecular flexibility index (Phi) is 4.13. The summed E-state index contributed by atoms with van der Waals surface area (Å²) in [6.45, 7) is 4.18. The van der Waals surface area contributed by atoms with Gasteiger partial charge >= 0.3 is 0 Å². The topological polar surface area (TPSA) is 50.7 Å². The molecule has 3 rings (SSSR count). The van der Waals surface area contributed by atoms with Crippen LogP contribution in [-0.2, 0) is 0 Å². The second-order valence-electron chi connectivity index (χ2n) is 5.86. The summed E-state index contributed by atoms with van der Waals surface area (Å²) in [7, 11) is 0. The summed E-state index contributed by atoms with van der Waals surface area (Å²) in [5.41, 5.74) is 3.41. The minimum absolute atomic E-state index is 0.102. The number of nitrogens with one attached hydrogen (secondary N) is 1. The molecule has 0 amide bonds. The highest BCUT2D eigenvalue weighted by atomic mass is 15.1. The van der Waals surface area contributed by atoms with Gasteiger partial charge in [0.1, 0.15) is 0 Å². The van der Waals surface area contributed by atoms with Crippen molar-refractivity contribution in [3.63, 3.8) is 0 Å². The van der Waals surface area contributed by atoms with E-state index in [-0.39, 0.29) is 6.04 Å². The van der Waals surface area contributed by atoms with Gasteiger partial charge in [-0.3, -0.25) is 4.98 Å². The summed E-state index contributed by atoms with van der Waals surface area (Å²) in [6.07, 6.45) is 8.84. The van der Waals surface area contributed by atoms with E-state index in [2.05, 4.69) is 41.3 Å². The van der Waals surface area contributed by atoms with Crippen LogP contribution in [0, 0.1) is 6.92 Å². The van der Waals surface area contributed by atoms with E-state index in [0.29, 0.717) is 11.9 Å². The Bertz CT molecular complexity index is 605. The maximum absolute atomic E-state index is 4.70. The first-order chi connectivity index (χ1) is 10.2. The Balaban J connectivity index is 1.75. The molecule has 0 saturated heterocycles.